The summed E-state index contributed by atoms with van der Waals surface area (Å²) in [5.74, 6) is 0. The van der Waals surface area contributed by atoms with Gasteiger partial charge in [0.05, 0.1) is 0 Å². The summed E-state index contributed by atoms with van der Waals surface area (Å²) in [4.78, 5) is 0. The molecule has 3 heteroatoms. The summed E-state index contributed by atoms with van der Waals surface area (Å²) in [5.41, 5.74) is 15.5. The van der Waals surface area contributed by atoms with E-state index in [0.29, 0.717) is 0 Å². The Morgan fingerprint density at radius 1 is 0.216 bits per heavy atom. The second-order valence-corrected chi connectivity index (χ2v) is 13.4. The molecule has 3 nitrogen and oxygen atoms in total. The predicted molar refractivity (Wildman–Crippen MR) is 210 cm³/mol. The van der Waals surface area contributed by atoms with Crippen LogP contribution in [0.2, 0.25) is 0 Å². The highest BCUT2D eigenvalue weighted by Crippen LogP contribution is 2.33. The molecule has 0 aromatic heterocycles. The van der Waals surface area contributed by atoms with Gasteiger partial charge < -0.3 is 16.0 Å². The molecule has 7 aromatic rings. The molecule has 0 radical (unpaired) electrons. The molecular weight excluding hydrogens is 619 g/mol. The molecule has 0 saturated carbocycles. The molecule has 0 bridgehead atoms. The van der Waals surface area contributed by atoms with E-state index in [9.17, 15) is 0 Å². The van der Waals surface area contributed by atoms with Gasteiger partial charge in [0.1, 0.15) is 39.3 Å². The van der Waals surface area contributed by atoms with E-state index >= 15 is 0 Å². The highest BCUT2D eigenvalue weighted by Gasteiger charge is 2.10. The van der Waals surface area contributed by atoms with Gasteiger partial charge in [0, 0.05) is 33.4 Å². The Morgan fingerprint density at radius 3 is 0.667 bits per heavy atom. The molecule has 0 fully saturated rings. The highest BCUT2D eigenvalue weighted by atomic mass is 14.9. The Bertz CT molecular complexity index is 1820. The fourth-order valence-corrected chi connectivity index (χ4v) is 6.69. The van der Waals surface area contributed by atoms with Crippen molar-refractivity contribution < 1.29 is 16.0 Å². The molecule has 51 heavy (non-hydrogen) atoms. The van der Waals surface area contributed by atoms with E-state index in [-0.39, 0.29) is 0 Å². The zero-order chi connectivity index (χ0) is 34.5. The average Bonchev–Trinajstić information content (AvgIpc) is 3.20. The summed E-state index contributed by atoms with van der Waals surface area (Å²) in [7, 11) is 0. The summed E-state index contributed by atoms with van der Waals surface area (Å²) in [6.07, 6.45) is 0. The van der Waals surface area contributed by atoms with E-state index in [1.54, 1.807) is 0 Å². The van der Waals surface area contributed by atoms with Gasteiger partial charge >= 0.3 is 0 Å². The van der Waals surface area contributed by atoms with E-state index in [1.807, 2.05) is 0 Å². The van der Waals surface area contributed by atoms with Gasteiger partial charge in [-0.3, -0.25) is 0 Å². The summed E-state index contributed by atoms with van der Waals surface area (Å²) in [6.45, 7) is 5.85. The van der Waals surface area contributed by atoms with E-state index in [1.165, 1.54) is 66.8 Å². The Labute approximate surface area is 303 Å². The van der Waals surface area contributed by atoms with Crippen molar-refractivity contribution in [2.24, 2.45) is 0 Å². The van der Waals surface area contributed by atoms with Crippen molar-refractivity contribution in [3.05, 3.63) is 215 Å². The van der Waals surface area contributed by atoms with Crippen LogP contribution in [0.5, 0.6) is 0 Å². The monoisotopic (exact) mass is 666 g/mol. The van der Waals surface area contributed by atoms with Gasteiger partial charge in [-0.2, -0.15) is 0 Å². The zero-order valence-corrected chi connectivity index (χ0v) is 29.3. The SMILES string of the molecule is c1ccc(C[NH2+]Cc2ccc(-c3cc(-c4ccc(C[NH2+]Cc5ccccc5)cc4)cc(-c4ccc(C[NH2+]Cc5ccccc5)cc4)c3)cc2)cc1. The largest absolute Gasteiger partial charge is 0.339 e. The maximum Gasteiger partial charge on any atom is 0.101 e. The Hall–Kier alpha value is -5.58. The van der Waals surface area contributed by atoms with Crippen molar-refractivity contribution in [2.45, 2.75) is 39.3 Å². The molecule has 0 aliphatic heterocycles. The first-order valence-electron chi connectivity index (χ1n) is 18.2. The molecule has 252 valence electrons. The normalized spacial score (nSPS) is 11.1. The summed E-state index contributed by atoms with van der Waals surface area (Å²) in [5, 5.41) is 7.11. The number of quaternary nitrogens is 3. The van der Waals surface area contributed by atoms with Crippen molar-refractivity contribution in [3.63, 3.8) is 0 Å². The first kappa shape index (κ1) is 33.9. The molecular formula is C48H48N3+3. The number of hydrogen-bond donors (Lipinski definition) is 3. The van der Waals surface area contributed by atoms with Crippen LogP contribution in [0.15, 0.2) is 182 Å². The topological polar surface area (TPSA) is 49.8 Å². The van der Waals surface area contributed by atoms with E-state index in [4.69, 9.17) is 0 Å². The van der Waals surface area contributed by atoms with Crippen molar-refractivity contribution >= 4 is 0 Å². The van der Waals surface area contributed by atoms with Gasteiger partial charge in [0.2, 0.25) is 0 Å². The van der Waals surface area contributed by atoms with Crippen molar-refractivity contribution in [1.82, 2.24) is 0 Å². The lowest BCUT2D eigenvalue weighted by molar-refractivity contribution is -0.686. The fraction of sp³-hybridized carbons (Fsp3) is 0.125. The Kier molecular flexibility index (Phi) is 11.5. The van der Waals surface area contributed by atoms with Gasteiger partial charge in [0.25, 0.3) is 0 Å². The van der Waals surface area contributed by atoms with Gasteiger partial charge in [0.15, 0.2) is 0 Å². The van der Waals surface area contributed by atoms with Crippen LogP contribution in [0.25, 0.3) is 33.4 Å². The molecule has 0 aliphatic rings. The lowest BCUT2D eigenvalue weighted by atomic mass is 9.92. The van der Waals surface area contributed by atoms with Gasteiger partial charge in [-0.25, -0.2) is 0 Å². The average molecular weight is 667 g/mol. The molecule has 0 heterocycles. The smallest absolute Gasteiger partial charge is 0.101 e. The van der Waals surface area contributed by atoms with Crippen molar-refractivity contribution in [3.8, 4) is 33.4 Å². The van der Waals surface area contributed by atoms with Crippen LogP contribution in [0.4, 0.5) is 0 Å². The number of rotatable bonds is 15. The van der Waals surface area contributed by atoms with Crippen molar-refractivity contribution in [2.75, 3.05) is 0 Å². The third-order valence-corrected chi connectivity index (χ3v) is 9.60. The summed E-state index contributed by atoms with van der Waals surface area (Å²) >= 11 is 0. The van der Waals surface area contributed by atoms with Gasteiger partial charge in [-0.15, -0.1) is 0 Å². The molecule has 7 aromatic carbocycles. The first-order valence-corrected chi connectivity index (χ1v) is 18.2. The quantitative estimate of drug-likeness (QED) is 0.102. The van der Waals surface area contributed by atoms with Crippen LogP contribution in [0.3, 0.4) is 0 Å². The highest BCUT2D eigenvalue weighted by molar-refractivity contribution is 5.81. The maximum atomic E-state index is 2.37. The summed E-state index contributed by atoms with van der Waals surface area (Å²) < 4.78 is 0. The number of benzene rings is 7. The van der Waals surface area contributed by atoms with E-state index < -0.39 is 0 Å². The van der Waals surface area contributed by atoms with Crippen LogP contribution >= 0.6 is 0 Å². The van der Waals surface area contributed by atoms with Crippen LogP contribution < -0.4 is 16.0 Å². The first-order chi connectivity index (χ1) is 25.2. The lowest BCUT2D eigenvalue weighted by Gasteiger charge is -2.13. The van der Waals surface area contributed by atoms with Crippen LogP contribution in [0.1, 0.15) is 33.4 Å². The zero-order valence-electron chi connectivity index (χ0n) is 29.3. The molecule has 6 N–H and O–H groups in total. The molecule has 0 amide bonds. The molecule has 0 spiro atoms. The molecule has 7 rings (SSSR count). The maximum absolute atomic E-state index is 2.37. The third kappa shape index (κ3) is 9.78. The number of hydrogen-bond acceptors (Lipinski definition) is 0. The second-order valence-electron chi connectivity index (χ2n) is 13.4. The number of nitrogens with two attached hydrogens (primary N) is 3. The van der Waals surface area contributed by atoms with Crippen LogP contribution in [-0.2, 0) is 39.3 Å². The fourth-order valence-electron chi connectivity index (χ4n) is 6.69. The Morgan fingerprint density at radius 2 is 0.431 bits per heavy atom. The Balaban J connectivity index is 1.08. The molecule has 0 atom stereocenters. The lowest BCUT2D eigenvalue weighted by Crippen LogP contribution is -2.80. The summed E-state index contributed by atoms with van der Waals surface area (Å²) in [6, 6.07) is 66.5. The van der Waals surface area contributed by atoms with Gasteiger partial charge in [-0.1, -0.05) is 164 Å². The predicted octanol–water partition coefficient (Wildman–Crippen LogP) is 7.48. The third-order valence-electron chi connectivity index (χ3n) is 9.60. The molecule has 0 saturated heterocycles. The molecule has 0 unspecified atom stereocenters. The van der Waals surface area contributed by atoms with Crippen LogP contribution in [-0.4, -0.2) is 0 Å². The minimum atomic E-state index is 0.963. The van der Waals surface area contributed by atoms with Crippen molar-refractivity contribution in [1.29, 1.82) is 0 Å². The minimum absolute atomic E-state index is 0.963. The second kappa shape index (κ2) is 17.4. The van der Waals surface area contributed by atoms with E-state index in [0.717, 1.165) is 39.3 Å². The van der Waals surface area contributed by atoms with E-state index in [2.05, 4.69) is 198 Å². The standard InChI is InChI=1S/C48H45N3/c1-4-10-37(11-5-1)31-49-34-40-16-22-43(23-17-40)46-28-47(44-24-18-41(19-25-44)35-50-32-38-12-6-2-7-13-38)30-48(29-46)45-26-20-42(21-27-45)36-51-33-39-14-8-3-9-15-39/h1-30,49-51H,31-36H2/p+3. The van der Waals surface area contributed by atoms with Gasteiger partial charge in [-0.05, 0) is 51.6 Å². The van der Waals surface area contributed by atoms with Crippen LogP contribution in [0, 0.1) is 0 Å². The molecule has 0 aliphatic carbocycles. The minimum Gasteiger partial charge on any atom is -0.339 e.